The molecule has 0 aromatic carbocycles. The van der Waals surface area contributed by atoms with Crippen molar-refractivity contribution in [3.05, 3.63) is 22.8 Å². The van der Waals surface area contributed by atoms with Gasteiger partial charge in [0.2, 0.25) is 0 Å². The predicted molar refractivity (Wildman–Crippen MR) is 66.3 cm³/mol. The van der Waals surface area contributed by atoms with E-state index in [1.807, 2.05) is 19.9 Å². The van der Waals surface area contributed by atoms with Crippen molar-refractivity contribution in [3.8, 4) is 0 Å². The Morgan fingerprint density at radius 2 is 2.38 bits per heavy atom. The van der Waals surface area contributed by atoms with Crippen LogP contribution in [0.1, 0.15) is 20.3 Å². The number of amides is 1. The molecule has 0 aliphatic carbocycles. The number of hydrogen-bond donors (Lipinski definition) is 1. The Morgan fingerprint density at radius 3 is 2.94 bits per heavy atom. The summed E-state index contributed by atoms with van der Waals surface area (Å²) < 4.78 is 6.07. The number of halogens is 1. The SMILES string of the molecule is CCO[C@@H](CC)C(=O)Nc1ncccc1Br. The first-order valence-corrected chi connectivity index (χ1v) is 6.01. The summed E-state index contributed by atoms with van der Waals surface area (Å²) in [5, 5.41) is 2.72. The van der Waals surface area contributed by atoms with Gasteiger partial charge in [-0.05, 0) is 41.4 Å². The third kappa shape index (κ3) is 3.57. The highest BCUT2D eigenvalue weighted by Gasteiger charge is 2.17. The number of hydrogen-bond acceptors (Lipinski definition) is 3. The van der Waals surface area contributed by atoms with Crippen LogP contribution < -0.4 is 5.32 Å². The van der Waals surface area contributed by atoms with E-state index in [9.17, 15) is 4.79 Å². The molecule has 88 valence electrons. The Kier molecular flexibility index (Phi) is 5.42. The highest BCUT2D eigenvalue weighted by Crippen LogP contribution is 2.18. The molecular formula is C11H15BrN2O2. The van der Waals surface area contributed by atoms with Crippen molar-refractivity contribution >= 4 is 27.7 Å². The summed E-state index contributed by atoms with van der Waals surface area (Å²) in [6, 6.07) is 3.61. The molecule has 1 heterocycles. The normalized spacial score (nSPS) is 12.2. The molecule has 16 heavy (non-hydrogen) atoms. The Bertz CT molecular complexity index is 358. The lowest BCUT2D eigenvalue weighted by molar-refractivity contribution is -0.127. The van der Waals surface area contributed by atoms with Gasteiger partial charge in [-0.3, -0.25) is 4.79 Å². The molecule has 4 nitrogen and oxygen atoms in total. The third-order valence-corrected chi connectivity index (χ3v) is 2.67. The maximum Gasteiger partial charge on any atom is 0.254 e. The van der Waals surface area contributed by atoms with Crippen molar-refractivity contribution in [1.82, 2.24) is 4.98 Å². The van der Waals surface area contributed by atoms with E-state index in [4.69, 9.17) is 4.74 Å². The van der Waals surface area contributed by atoms with Crippen LogP contribution in [-0.4, -0.2) is 23.6 Å². The number of carbonyl (C=O) groups is 1. The van der Waals surface area contributed by atoms with Crippen LogP contribution in [0.5, 0.6) is 0 Å². The second-order valence-corrected chi connectivity index (χ2v) is 4.03. The second kappa shape index (κ2) is 6.60. The number of nitrogens with one attached hydrogen (secondary N) is 1. The molecule has 1 N–H and O–H groups in total. The summed E-state index contributed by atoms with van der Waals surface area (Å²) in [4.78, 5) is 15.8. The summed E-state index contributed by atoms with van der Waals surface area (Å²) >= 11 is 3.32. The fourth-order valence-electron chi connectivity index (χ4n) is 1.25. The van der Waals surface area contributed by atoms with Gasteiger partial charge in [0.1, 0.15) is 11.9 Å². The van der Waals surface area contributed by atoms with E-state index >= 15 is 0 Å². The minimum atomic E-state index is -0.418. The summed E-state index contributed by atoms with van der Waals surface area (Å²) in [6.45, 7) is 4.30. The minimum absolute atomic E-state index is 0.163. The van der Waals surface area contributed by atoms with Gasteiger partial charge < -0.3 is 10.1 Å². The molecular weight excluding hydrogens is 272 g/mol. The fourth-order valence-corrected chi connectivity index (χ4v) is 1.61. The van der Waals surface area contributed by atoms with Gasteiger partial charge in [-0.15, -0.1) is 0 Å². The lowest BCUT2D eigenvalue weighted by Crippen LogP contribution is -2.30. The van der Waals surface area contributed by atoms with Crippen molar-refractivity contribution in [2.75, 3.05) is 11.9 Å². The lowest BCUT2D eigenvalue weighted by Gasteiger charge is -2.14. The number of pyridine rings is 1. The largest absolute Gasteiger partial charge is 0.369 e. The first-order valence-electron chi connectivity index (χ1n) is 5.22. The number of carbonyl (C=O) groups excluding carboxylic acids is 1. The van der Waals surface area contributed by atoms with Crippen LogP contribution in [0.3, 0.4) is 0 Å². The maximum absolute atomic E-state index is 11.8. The molecule has 0 aliphatic rings. The molecule has 0 fully saturated rings. The standard InChI is InChI=1S/C11H15BrN2O2/c1-3-9(16-4-2)11(15)14-10-8(12)6-5-7-13-10/h5-7,9H,3-4H2,1-2H3,(H,13,14,15)/t9-/m0/s1. The summed E-state index contributed by atoms with van der Waals surface area (Å²) in [5.41, 5.74) is 0. The van der Waals surface area contributed by atoms with Gasteiger partial charge in [0, 0.05) is 12.8 Å². The number of ether oxygens (including phenoxy) is 1. The van der Waals surface area contributed by atoms with Crippen LogP contribution in [0, 0.1) is 0 Å². The molecule has 0 aliphatic heterocycles. The molecule has 1 atom stereocenters. The van der Waals surface area contributed by atoms with E-state index in [2.05, 4.69) is 26.2 Å². The summed E-state index contributed by atoms with van der Waals surface area (Å²) in [6.07, 6.45) is 1.85. The quantitative estimate of drug-likeness (QED) is 0.905. The Labute approximate surface area is 104 Å². The zero-order chi connectivity index (χ0) is 12.0. The molecule has 0 unspecified atom stereocenters. The van der Waals surface area contributed by atoms with Crippen LogP contribution in [0.15, 0.2) is 22.8 Å². The summed E-state index contributed by atoms with van der Waals surface area (Å²) in [7, 11) is 0. The smallest absolute Gasteiger partial charge is 0.254 e. The van der Waals surface area contributed by atoms with Gasteiger partial charge in [0.15, 0.2) is 0 Å². The molecule has 0 saturated heterocycles. The van der Waals surface area contributed by atoms with E-state index in [1.54, 1.807) is 12.3 Å². The number of rotatable bonds is 5. The van der Waals surface area contributed by atoms with Crippen molar-refractivity contribution in [3.63, 3.8) is 0 Å². The molecule has 0 saturated carbocycles. The predicted octanol–water partition coefficient (Wildman–Crippen LogP) is 2.60. The number of nitrogens with zero attached hydrogens (tertiary/aromatic N) is 1. The van der Waals surface area contributed by atoms with Crippen LogP contribution in [0.25, 0.3) is 0 Å². The molecule has 0 spiro atoms. The van der Waals surface area contributed by atoms with Gasteiger partial charge in [0.25, 0.3) is 5.91 Å². The zero-order valence-corrected chi connectivity index (χ0v) is 11.0. The van der Waals surface area contributed by atoms with E-state index < -0.39 is 6.10 Å². The monoisotopic (exact) mass is 286 g/mol. The van der Waals surface area contributed by atoms with Crippen LogP contribution >= 0.6 is 15.9 Å². The zero-order valence-electron chi connectivity index (χ0n) is 9.37. The molecule has 0 radical (unpaired) electrons. The lowest BCUT2D eigenvalue weighted by atomic mass is 10.2. The van der Waals surface area contributed by atoms with Crippen LogP contribution in [0.4, 0.5) is 5.82 Å². The van der Waals surface area contributed by atoms with Crippen LogP contribution in [0.2, 0.25) is 0 Å². The number of aromatic nitrogens is 1. The van der Waals surface area contributed by atoms with Gasteiger partial charge in [0.05, 0.1) is 4.47 Å². The van der Waals surface area contributed by atoms with Gasteiger partial charge in [-0.1, -0.05) is 6.92 Å². The summed E-state index contributed by atoms with van der Waals surface area (Å²) in [5.74, 6) is 0.356. The Balaban J connectivity index is 2.66. The van der Waals surface area contributed by atoms with E-state index in [0.29, 0.717) is 18.8 Å². The van der Waals surface area contributed by atoms with E-state index in [1.165, 1.54) is 0 Å². The maximum atomic E-state index is 11.8. The van der Waals surface area contributed by atoms with E-state index in [-0.39, 0.29) is 5.91 Å². The van der Waals surface area contributed by atoms with Crippen molar-refractivity contribution in [2.45, 2.75) is 26.4 Å². The highest BCUT2D eigenvalue weighted by molar-refractivity contribution is 9.10. The fraction of sp³-hybridized carbons (Fsp3) is 0.455. The van der Waals surface area contributed by atoms with E-state index in [0.717, 1.165) is 4.47 Å². The molecule has 1 amide bonds. The highest BCUT2D eigenvalue weighted by atomic mass is 79.9. The van der Waals surface area contributed by atoms with Crippen molar-refractivity contribution in [1.29, 1.82) is 0 Å². The molecule has 5 heteroatoms. The molecule has 0 bridgehead atoms. The Hall–Kier alpha value is -0.940. The molecule has 1 aromatic rings. The second-order valence-electron chi connectivity index (χ2n) is 3.18. The topological polar surface area (TPSA) is 51.2 Å². The van der Waals surface area contributed by atoms with Gasteiger partial charge >= 0.3 is 0 Å². The molecule has 1 aromatic heterocycles. The van der Waals surface area contributed by atoms with Crippen molar-refractivity contribution in [2.24, 2.45) is 0 Å². The first-order chi connectivity index (χ1) is 7.69. The van der Waals surface area contributed by atoms with Crippen LogP contribution in [-0.2, 0) is 9.53 Å². The minimum Gasteiger partial charge on any atom is -0.369 e. The first kappa shape index (κ1) is 13.1. The third-order valence-electron chi connectivity index (χ3n) is 2.03. The van der Waals surface area contributed by atoms with Gasteiger partial charge in [-0.2, -0.15) is 0 Å². The average Bonchev–Trinajstić information content (AvgIpc) is 2.29. The Morgan fingerprint density at radius 1 is 1.62 bits per heavy atom. The number of anilines is 1. The molecule has 1 rings (SSSR count). The van der Waals surface area contributed by atoms with Gasteiger partial charge in [-0.25, -0.2) is 4.98 Å². The average molecular weight is 287 g/mol. The van der Waals surface area contributed by atoms with Crippen molar-refractivity contribution < 1.29 is 9.53 Å².